The molecule has 2 aliphatic rings. The van der Waals surface area contributed by atoms with Gasteiger partial charge in [0.2, 0.25) is 5.91 Å². The van der Waals surface area contributed by atoms with Gasteiger partial charge in [0.05, 0.1) is 19.8 Å². The molecule has 2 aromatic rings. The molecule has 2 fully saturated rings. The van der Waals surface area contributed by atoms with Gasteiger partial charge in [-0.2, -0.15) is 0 Å². The summed E-state index contributed by atoms with van der Waals surface area (Å²) in [5.74, 6) is 1.05. The van der Waals surface area contributed by atoms with Gasteiger partial charge in [-0.1, -0.05) is 41.9 Å². The minimum atomic E-state index is -0.187. The average molecular weight is 485 g/mol. The first-order valence-electron chi connectivity index (χ1n) is 12.5. The van der Waals surface area contributed by atoms with Gasteiger partial charge in [-0.05, 0) is 75.0 Å². The van der Waals surface area contributed by atoms with E-state index in [4.69, 9.17) is 21.1 Å². The number of aryl methyl sites for hydroxylation is 2. The smallest absolute Gasteiger partial charge is 0.223 e. The van der Waals surface area contributed by atoms with Crippen molar-refractivity contribution in [1.29, 1.82) is 0 Å². The second-order valence-electron chi connectivity index (χ2n) is 9.84. The van der Waals surface area contributed by atoms with Gasteiger partial charge >= 0.3 is 0 Å². The summed E-state index contributed by atoms with van der Waals surface area (Å²) in [5.41, 5.74) is 2.20. The fourth-order valence-electron chi connectivity index (χ4n) is 5.15. The molecular formula is C28H37ClN2O3. The molecule has 0 aromatic heterocycles. The van der Waals surface area contributed by atoms with Crippen LogP contribution in [0.15, 0.2) is 48.5 Å². The van der Waals surface area contributed by atoms with Gasteiger partial charge in [0, 0.05) is 36.5 Å². The normalized spacial score (nSPS) is 21.4. The summed E-state index contributed by atoms with van der Waals surface area (Å²) in [6, 6.07) is 16.5. The minimum absolute atomic E-state index is 0.187. The quantitative estimate of drug-likeness (QED) is 0.502. The van der Waals surface area contributed by atoms with Crippen molar-refractivity contribution in [3.63, 3.8) is 0 Å². The first-order valence-corrected chi connectivity index (χ1v) is 12.9. The molecule has 2 heterocycles. The van der Waals surface area contributed by atoms with E-state index in [0.717, 1.165) is 61.7 Å². The number of likely N-dealkylation sites (tertiary alicyclic amines) is 1. The van der Waals surface area contributed by atoms with Crippen LogP contribution < -0.4 is 4.74 Å². The zero-order valence-corrected chi connectivity index (χ0v) is 21.1. The third kappa shape index (κ3) is 6.97. The Morgan fingerprint density at radius 2 is 1.91 bits per heavy atom. The van der Waals surface area contributed by atoms with E-state index in [1.807, 2.05) is 30.0 Å². The van der Waals surface area contributed by atoms with E-state index < -0.39 is 0 Å². The summed E-state index contributed by atoms with van der Waals surface area (Å²) >= 11 is 6.20. The SMILES string of the molecule is Cc1cc(OCC2(CC(=O)N3CCOCC3)CCCN(CCCc3ccccc3)C2)ccc1Cl. The second-order valence-corrected chi connectivity index (χ2v) is 10.2. The van der Waals surface area contributed by atoms with Crippen molar-refractivity contribution in [3.05, 3.63) is 64.7 Å². The highest BCUT2D eigenvalue weighted by atomic mass is 35.5. The van der Waals surface area contributed by atoms with E-state index in [0.29, 0.717) is 39.3 Å². The number of carbonyl (C=O) groups is 1. The van der Waals surface area contributed by atoms with Crippen LogP contribution in [0.25, 0.3) is 0 Å². The molecule has 0 radical (unpaired) electrons. The molecule has 2 aliphatic heterocycles. The topological polar surface area (TPSA) is 42.0 Å². The highest BCUT2D eigenvalue weighted by Gasteiger charge is 2.39. The molecule has 5 nitrogen and oxygen atoms in total. The highest BCUT2D eigenvalue weighted by molar-refractivity contribution is 6.31. The lowest BCUT2D eigenvalue weighted by atomic mass is 9.77. The molecule has 6 heteroatoms. The van der Waals surface area contributed by atoms with Crippen LogP contribution in [-0.4, -0.2) is 68.3 Å². The van der Waals surface area contributed by atoms with E-state index in [1.165, 1.54) is 5.56 Å². The van der Waals surface area contributed by atoms with E-state index in [1.54, 1.807) is 0 Å². The Kier molecular flexibility index (Phi) is 8.87. The van der Waals surface area contributed by atoms with Crippen LogP contribution in [0.4, 0.5) is 0 Å². The van der Waals surface area contributed by atoms with Gasteiger partial charge < -0.3 is 19.3 Å². The van der Waals surface area contributed by atoms with Crippen molar-refractivity contribution in [3.8, 4) is 5.75 Å². The van der Waals surface area contributed by atoms with E-state index in [-0.39, 0.29) is 11.3 Å². The monoisotopic (exact) mass is 484 g/mol. The Bertz CT molecular complexity index is 933. The van der Waals surface area contributed by atoms with Crippen molar-refractivity contribution in [1.82, 2.24) is 9.80 Å². The summed E-state index contributed by atoms with van der Waals surface area (Å²) in [6.45, 7) is 8.19. The van der Waals surface area contributed by atoms with Gasteiger partial charge in [0.15, 0.2) is 0 Å². The lowest BCUT2D eigenvalue weighted by molar-refractivity contribution is -0.139. The Morgan fingerprint density at radius 1 is 1.12 bits per heavy atom. The van der Waals surface area contributed by atoms with Crippen LogP contribution >= 0.6 is 11.6 Å². The van der Waals surface area contributed by atoms with Gasteiger partial charge in [-0.3, -0.25) is 4.79 Å². The molecule has 1 atom stereocenters. The summed E-state index contributed by atoms with van der Waals surface area (Å²) < 4.78 is 11.8. The number of hydrogen-bond acceptors (Lipinski definition) is 4. The third-order valence-electron chi connectivity index (χ3n) is 7.09. The van der Waals surface area contributed by atoms with Gasteiger partial charge in [0.1, 0.15) is 5.75 Å². The molecule has 184 valence electrons. The lowest BCUT2D eigenvalue weighted by Crippen LogP contribution is -2.50. The Balaban J connectivity index is 1.41. The average Bonchev–Trinajstić information content (AvgIpc) is 2.86. The highest BCUT2D eigenvalue weighted by Crippen LogP contribution is 2.36. The fraction of sp³-hybridized carbons (Fsp3) is 0.536. The predicted molar refractivity (Wildman–Crippen MR) is 137 cm³/mol. The van der Waals surface area contributed by atoms with E-state index in [9.17, 15) is 4.79 Å². The maximum Gasteiger partial charge on any atom is 0.223 e. The Morgan fingerprint density at radius 3 is 2.68 bits per heavy atom. The number of rotatable bonds is 9. The standard InChI is InChI=1S/C28H37ClN2O3/c1-23-19-25(10-11-26(23)29)34-22-28(20-27(32)31-15-17-33-18-16-31)12-6-14-30(21-28)13-5-9-24-7-3-2-4-8-24/h2-4,7-8,10-11,19H,5-6,9,12-18,20-22H2,1H3. The molecule has 34 heavy (non-hydrogen) atoms. The fourth-order valence-corrected chi connectivity index (χ4v) is 5.27. The Labute approximate surface area is 209 Å². The molecule has 0 saturated carbocycles. The number of halogens is 1. The van der Waals surface area contributed by atoms with Crippen LogP contribution in [0, 0.1) is 12.3 Å². The third-order valence-corrected chi connectivity index (χ3v) is 7.51. The number of piperidine rings is 1. The van der Waals surface area contributed by atoms with Gasteiger partial charge in [-0.15, -0.1) is 0 Å². The van der Waals surface area contributed by atoms with Crippen LogP contribution in [0.1, 0.15) is 36.8 Å². The summed E-state index contributed by atoms with van der Waals surface area (Å²) in [7, 11) is 0. The van der Waals surface area contributed by atoms with Crippen molar-refractivity contribution < 1.29 is 14.3 Å². The number of amides is 1. The number of benzene rings is 2. The van der Waals surface area contributed by atoms with Crippen LogP contribution in [-0.2, 0) is 16.0 Å². The van der Waals surface area contributed by atoms with Crippen molar-refractivity contribution in [2.45, 2.75) is 39.0 Å². The number of morpholine rings is 1. The van der Waals surface area contributed by atoms with Crippen molar-refractivity contribution >= 4 is 17.5 Å². The number of nitrogens with zero attached hydrogens (tertiary/aromatic N) is 2. The molecule has 0 N–H and O–H groups in total. The first-order chi connectivity index (χ1) is 16.5. The zero-order valence-electron chi connectivity index (χ0n) is 20.3. The lowest BCUT2D eigenvalue weighted by Gasteiger charge is -2.43. The summed E-state index contributed by atoms with van der Waals surface area (Å²) in [5, 5.41) is 0.742. The number of hydrogen-bond donors (Lipinski definition) is 0. The predicted octanol–water partition coefficient (Wildman–Crippen LogP) is 4.99. The maximum atomic E-state index is 13.3. The van der Waals surface area contributed by atoms with Crippen molar-refractivity contribution in [2.24, 2.45) is 5.41 Å². The molecule has 4 rings (SSSR count). The molecule has 0 aliphatic carbocycles. The Hall–Kier alpha value is -2.08. The second kappa shape index (κ2) is 12.1. The molecule has 2 saturated heterocycles. The zero-order chi connectivity index (χ0) is 23.8. The molecule has 2 aromatic carbocycles. The molecule has 0 bridgehead atoms. The summed E-state index contributed by atoms with van der Waals surface area (Å²) in [4.78, 5) is 17.8. The molecule has 1 unspecified atom stereocenters. The first kappa shape index (κ1) is 25.0. The van der Waals surface area contributed by atoms with Crippen LogP contribution in [0.3, 0.4) is 0 Å². The van der Waals surface area contributed by atoms with Crippen LogP contribution in [0.5, 0.6) is 5.75 Å². The maximum absolute atomic E-state index is 13.3. The largest absolute Gasteiger partial charge is 0.493 e. The molecular weight excluding hydrogens is 448 g/mol. The van der Waals surface area contributed by atoms with Crippen molar-refractivity contribution in [2.75, 3.05) is 52.5 Å². The van der Waals surface area contributed by atoms with E-state index in [2.05, 4.69) is 35.2 Å². The number of carbonyl (C=O) groups excluding carboxylic acids is 1. The summed E-state index contributed by atoms with van der Waals surface area (Å²) in [6.07, 6.45) is 4.82. The molecule has 1 amide bonds. The minimum Gasteiger partial charge on any atom is -0.493 e. The van der Waals surface area contributed by atoms with Gasteiger partial charge in [-0.25, -0.2) is 0 Å². The van der Waals surface area contributed by atoms with Crippen LogP contribution in [0.2, 0.25) is 5.02 Å². The number of ether oxygens (including phenoxy) is 2. The van der Waals surface area contributed by atoms with E-state index >= 15 is 0 Å². The van der Waals surface area contributed by atoms with Gasteiger partial charge in [0.25, 0.3) is 0 Å². The molecule has 0 spiro atoms.